The fraction of sp³-hybridized carbons (Fsp3) is 0.230. The highest BCUT2D eigenvalue weighted by Crippen LogP contribution is 2.73. The molecule has 15 aliphatic rings. The van der Waals surface area contributed by atoms with Crippen molar-refractivity contribution >= 4 is 413 Å². The van der Waals surface area contributed by atoms with E-state index < -0.39 is 103 Å². The number of H-pyrrole nitrogens is 1. The Balaban J connectivity index is 0.000000122. The molecule has 57 heteroatoms. The largest absolute Gasteiger partial charge is 0.361 e. The predicted molar refractivity (Wildman–Crippen MR) is 649 cm³/mol. The van der Waals surface area contributed by atoms with Gasteiger partial charge in [-0.15, -0.1) is 25.3 Å². The van der Waals surface area contributed by atoms with E-state index in [1.165, 1.54) is 74.6 Å². The van der Waals surface area contributed by atoms with Gasteiger partial charge in [0.05, 0.1) is 37.4 Å². The third-order valence-electron chi connectivity index (χ3n) is 26.5. The molecule has 2 aliphatic carbocycles. The average Bonchev–Trinajstić information content (AvgIpc) is 1.54. The van der Waals surface area contributed by atoms with Crippen molar-refractivity contribution in [1.82, 2.24) is 34.4 Å². The fourth-order valence-corrected chi connectivity index (χ4v) is 89.4. The molecule has 25 rings (SSSR count). The Kier molecular flexibility index (Phi) is 34.0. The lowest BCUT2D eigenvalue weighted by atomic mass is 9.70. The van der Waals surface area contributed by atoms with Crippen LogP contribution >= 0.6 is 70.4 Å². The number of anilines is 4. The summed E-state index contributed by atoms with van der Waals surface area (Å²) in [7, 11) is 39.3. The van der Waals surface area contributed by atoms with Crippen molar-refractivity contribution in [2.24, 2.45) is 0 Å². The van der Waals surface area contributed by atoms with E-state index in [0.717, 1.165) is 101 Å². The molecule has 14 heterocycles. The molecule has 2 spiro atoms. The first kappa shape index (κ1) is 108. The average molecular weight is 2550 g/mol. The number of hydrogen-bond acceptors (Lipinski definition) is 22. The van der Waals surface area contributed by atoms with Crippen LogP contribution in [0, 0.1) is 0 Å². The Hall–Kier alpha value is -4.79. The number of allylic oxidation sites excluding steroid dienone is 2. The zero-order chi connectivity index (χ0) is 101. The summed E-state index contributed by atoms with van der Waals surface area (Å²) in [5.74, 6) is -1.61. The number of benzene rings is 9. The molecule has 1 aromatic heterocycles. The van der Waals surface area contributed by atoms with Gasteiger partial charge in [-0.25, -0.2) is 25.4 Å². The standard InChI is InChI=1S/C29H22N4O3S2.C29H23N3O4S3.C29H25N3O4S3.O2S.S25/c1-31-24-23(34)33-25-28(16-29(33,26(31)35)38-27(36)37-24,20-15-30-21-13-7-5-11-18(20)21)19-12-6-8-14-22(19)32(25)17-9-3-2-4-10-17;1-30-25-24(33)31-26-28(17-29(31,27(30)34)38-37-25,21-16-15-18-9-5-6-12-20(18)21)22-13-7-8-14-23(22)32(26)39(35,36)19-10-3-2-4-11-19;1-30-25(37)24(33)31-26-28(17-29(31,38)27(30)34,21-16-15-18-9-5-6-12-20(18)21)22-13-7-8-14-23(22)32(26)39(35,36)19-10-3-2-4-11-19;1-3-2;1-3-5-7-9-11-13-15-17-19-21-23-25-24-22-20-18-16-14-12-10-8-6-4-2/h2-15,24-25,30H,16H2,1H3;2-14,16,25-26H,15,17H2,1H3;2-14,16,25-26,37-38H,15,17H2,1H3;;/t24-,25-,28?,29?;2*25-,26-,28-,29-;;/m100../s1. The molecule has 0 radical (unpaired) electrons. The van der Waals surface area contributed by atoms with Gasteiger partial charge in [-0.3, -0.25) is 48.3 Å². The molecular formula is C87H70N10O13S34. The van der Waals surface area contributed by atoms with Crippen LogP contribution in [0.15, 0.2) is 265 Å². The number of carbonyl (C=O) groups is 7. The lowest BCUT2D eigenvalue weighted by Gasteiger charge is -2.53. The SMILES string of the molecule is CN1C(=O)C23CC4(c5c[nH]c6ccccc56)c5ccccc5N(c5ccccc5)[C@@H]4N2C(=O)[C@H]1SC(=O)S3.CN1C(=O)[C@@]2(S)C[C@]3(C4=CCc5ccccc54)c4ccccc4N(S(=O)(=O)c4ccccc4)[C@@H]3N2C(=O)[C@@H]1S.CN1C(=O)[C@@]23C[C@]4(C5=CCc6ccccc65)c5ccccc5N(S(=O)(=O)c5ccccc5)[C@@H]4N2C(=O)[C@@H]1SS3.O=S=O.S=S=S=S=S=S=S=S=S=S=S=S=S=S=S=S=S=S=S=S=S=S=S=S=S. The topological polar surface area (TPSA) is 267 Å². The number of thiol groups is 2. The van der Waals surface area contributed by atoms with Crippen LogP contribution in [0.3, 0.4) is 0 Å². The third kappa shape index (κ3) is 18.7. The fourth-order valence-electron chi connectivity index (χ4n) is 21.5. The molecule has 10 fully saturated rings. The maximum Gasteiger partial charge on any atom is 0.335 e. The summed E-state index contributed by atoms with van der Waals surface area (Å²) in [6.45, 7) is 0. The normalized spacial score (nSPS) is 25.3. The van der Waals surface area contributed by atoms with E-state index in [2.05, 4.69) is 71.1 Å². The second-order valence-electron chi connectivity index (χ2n) is 32.9. The molecule has 12 atom stereocenters. The summed E-state index contributed by atoms with van der Waals surface area (Å²) >= 11 is 20.2. The Morgan fingerprint density at radius 2 is 0.792 bits per heavy atom. The number of aromatic nitrogens is 1. The third-order valence-corrected chi connectivity index (χ3v) is 85.8. The van der Waals surface area contributed by atoms with E-state index in [4.69, 9.17) is 43.4 Å². The molecule has 9 aromatic carbocycles. The van der Waals surface area contributed by atoms with Gasteiger partial charge in [0.2, 0.25) is 0 Å². The predicted octanol–water partition coefficient (Wildman–Crippen LogP) is 12.4. The van der Waals surface area contributed by atoms with E-state index in [9.17, 15) is 50.4 Å². The number of aromatic amines is 1. The Morgan fingerprint density at radius 3 is 1.29 bits per heavy atom. The lowest BCUT2D eigenvalue weighted by Crippen LogP contribution is -2.72. The maximum absolute atomic E-state index is 14.5. The van der Waals surface area contributed by atoms with Crippen LogP contribution in [0.2, 0.25) is 0 Å². The van der Waals surface area contributed by atoms with Crippen LogP contribution in [0.1, 0.15) is 63.8 Å². The smallest absolute Gasteiger partial charge is 0.335 e. The quantitative estimate of drug-likeness (QED) is 0.0942. The molecule has 750 valence electrons. The minimum Gasteiger partial charge on any atom is -0.361 e. The highest BCUT2D eigenvalue weighted by Gasteiger charge is 2.80. The number of amides is 6. The molecule has 0 saturated carbocycles. The Bertz CT molecular complexity index is 8520. The van der Waals surface area contributed by atoms with Gasteiger partial charge in [0.15, 0.2) is 30.7 Å². The molecule has 13 aliphatic heterocycles. The number of likely N-dealkylation sites (N-methyl/N-ethyl adjacent to an activating group) is 3. The highest BCUT2D eigenvalue weighted by atomic mass is 33.5. The summed E-state index contributed by atoms with van der Waals surface area (Å²) in [6.07, 6.45) is 5.88. The monoisotopic (exact) mass is 2550 g/mol. The zero-order valence-corrected chi connectivity index (χ0v) is 101. The van der Waals surface area contributed by atoms with Crippen LogP contribution in [-0.4, -0.2) is 170 Å². The molecule has 2 unspecified atom stereocenters. The Morgan fingerprint density at radius 1 is 0.403 bits per heavy atom. The van der Waals surface area contributed by atoms with Gasteiger partial charge < -0.3 is 24.6 Å². The van der Waals surface area contributed by atoms with Crippen molar-refractivity contribution in [2.75, 3.05) is 34.7 Å². The number of carbonyl (C=O) groups excluding carboxylic acids is 7. The van der Waals surface area contributed by atoms with Gasteiger partial charge >= 0.3 is 11.6 Å². The summed E-state index contributed by atoms with van der Waals surface area (Å²) < 4.78 is 77.2. The van der Waals surface area contributed by atoms with E-state index in [1.54, 1.807) is 221 Å². The van der Waals surface area contributed by atoms with Gasteiger partial charge in [-0.2, -0.15) is 8.42 Å². The number of fused-ring (bicyclic) bond motifs is 19. The second-order valence-corrected chi connectivity index (χ2v) is 83.7. The molecule has 4 bridgehead atoms. The van der Waals surface area contributed by atoms with Gasteiger partial charge in [0.25, 0.3) is 59.9 Å². The van der Waals surface area contributed by atoms with Gasteiger partial charge in [0, 0.05) is 296 Å². The molecule has 10 aromatic rings. The van der Waals surface area contributed by atoms with Gasteiger partial charge in [-0.1, -0.05) is 210 Å². The molecule has 23 nitrogen and oxygen atoms in total. The first-order chi connectivity index (χ1) is 69.8. The van der Waals surface area contributed by atoms with Gasteiger partial charge in [-0.05, 0) is 153 Å². The molecule has 1 N–H and O–H groups in total. The van der Waals surface area contributed by atoms with E-state index >= 15 is 0 Å². The minimum atomic E-state index is -4.17. The molecule has 10 saturated heterocycles. The van der Waals surface area contributed by atoms with Crippen molar-refractivity contribution in [2.45, 2.75) is 107 Å². The summed E-state index contributed by atoms with van der Waals surface area (Å²) in [4.78, 5) is 109. The summed E-state index contributed by atoms with van der Waals surface area (Å²) in [6, 6.07) is 74.0. The number of piperazine rings is 3. The maximum atomic E-state index is 14.5. The van der Waals surface area contributed by atoms with E-state index in [-0.39, 0.29) is 50.2 Å². The van der Waals surface area contributed by atoms with Crippen LogP contribution < -0.4 is 13.5 Å². The van der Waals surface area contributed by atoms with Crippen molar-refractivity contribution in [3.05, 3.63) is 299 Å². The number of sulfonamides is 2. The van der Waals surface area contributed by atoms with Gasteiger partial charge in [0.1, 0.15) is 18.5 Å². The van der Waals surface area contributed by atoms with Crippen LogP contribution in [0.4, 0.5) is 27.5 Å². The molecular weight excluding hydrogens is 2480 g/mol. The lowest BCUT2D eigenvalue weighted by molar-refractivity contribution is -0.158. The zero-order valence-electron chi connectivity index (χ0n) is 73.5. The number of nitrogens with zero attached hydrogens (tertiary/aromatic N) is 9. The van der Waals surface area contributed by atoms with Crippen molar-refractivity contribution < 1.29 is 58.8 Å². The van der Waals surface area contributed by atoms with E-state index in [0.29, 0.717) is 37.1 Å². The Labute approximate surface area is 934 Å². The number of thioether (sulfide) groups is 2. The first-order valence-corrected chi connectivity index (χ1v) is 82.6. The highest BCUT2D eigenvalue weighted by molar-refractivity contribution is 8.79. The van der Waals surface area contributed by atoms with Crippen molar-refractivity contribution in [3.63, 3.8) is 0 Å². The van der Waals surface area contributed by atoms with Crippen LogP contribution in [0.5, 0.6) is 0 Å². The number of para-hydroxylation sites is 5. The molecule has 6 amide bonds. The molecule has 144 heavy (non-hydrogen) atoms. The first-order valence-electron chi connectivity index (χ1n) is 42.2. The minimum absolute atomic E-state index is 0.100. The number of rotatable bonds is 8. The second kappa shape index (κ2) is 45.5. The van der Waals surface area contributed by atoms with Crippen molar-refractivity contribution in [1.29, 1.82) is 0 Å². The van der Waals surface area contributed by atoms with Crippen molar-refractivity contribution in [3.8, 4) is 0 Å². The number of hydrogen-bond donors (Lipinski definition) is 3. The van der Waals surface area contributed by atoms with Crippen LogP contribution in [-0.2, 0) is 316 Å². The number of nitrogens with one attached hydrogen (secondary N) is 1. The van der Waals surface area contributed by atoms with E-state index in [1.807, 2.05) is 196 Å². The van der Waals surface area contributed by atoms with Crippen LogP contribution in [0.25, 0.3) is 22.0 Å². The summed E-state index contributed by atoms with van der Waals surface area (Å²) in [5.41, 5.74) is 11.1. The summed E-state index contributed by atoms with van der Waals surface area (Å²) in [5, 5.41) is -1.60.